The van der Waals surface area contributed by atoms with Gasteiger partial charge in [-0.2, -0.15) is 0 Å². The number of rotatable bonds is 8. The van der Waals surface area contributed by atoms with Gasteiger partial charge in [0.25, 0.3) is 5.56 Å². The Morgan fingerprint density at radius 3 is 2.56 bits per heavy atom. The second-order valence-electron chi connectivity index (χ2n) is 8.26. The number of aryl methyl sites for hydroxylation is 2. The smallest absolute Gasteiger partial charge is 0.306 e. The minimum atomic E-state index is -0.661. The van der Waals surface area contributed by atoms with Crippen LogP contribution in [0.3, 0.4) is 0 Å². The molecule has 0 aliphatic rings. The van der Waals surface area contributed by atoms with Crippen molar-refractivity contribution in [2.45, 2.75) is 32.2 Å². The highest BCUT2D eigenvalue weighted by Gasteiger charge is 2.26. The van der Waals surface area contributed by atoms with Crippen LogP contribution in [-0.2, 0) is 22.5 Å². The van der Waals surface area contributed by atoms with Crippen molar-refractivity contribution in [2.75, 3.05) is 14.2 Å². The highest BCUT2D eigenvalue weighted by Crippen LogP contribution is 2.33. The summed E-state index contributed by atoms with van der Waals surface area (Å²) in [6, 6.07) is 16.7. The molecule has 0 fully saturated rings. The van der Waals surface area contributed by atoms with E-state index in [2.05, 4.69) is 11.1 Å². The fourth-order valence-corrected chi connectivity index (χ4v) is 4.42. The molecule has 2 heterocycles. The van der Waals surface area contributed by atoms with Crippen molar-refractivity contribution in [2.24, 2.45) is 0 Å². The molecule has 7 heteroatoms. The minimum Gasteiger partial charge on any atom is -0.507 e. The summed E-state index contributed by atoms with van der Waals surface area (Å²) in [5.41, 5.74) is 3.38. The summed E-state index contributed by atoms with van der Waals surface area (Å²) in [6.07, 6.45) is 2.53. The van der Waals surface area contributed by atoms with E-state index in [-0.39, 0.29) is 23.3 Å². The number of H-pyrrole nitrogens is 1. The molecule has 0 radical (unpaired) electrons. The van der Waals surface area contributed by atoms with Crippen LogP contribution in [0.15, 0.2) is 65.6 Å². The van der Waals surface area contributed by atoms with E-state index < -0.39 is 11.9 Å². The predicted octanol–water partition coefficient (Wildman–Crippen LogP) is 4.29. The third-order valence-corrected chi connectivity index (χ3v) is 6.27. The average Bonchev–Trinajstić information content (AvgIpc) is 3.26. The fourth-order valence-electron chi connectivity index (χ4n) is 4.42. The van der Waals surface area contributed by atoms with Crippen LogP contribution in [0.4, 0.5) is 0 Å². The Hall–Kier alpha value is -4.00. The van der Waals surface area contributed by atoms with Gasteiger partial charge in [0.1, 0.15) is 11.5 Å². The number of aromatic amines is 1. The van der Waals surface area contributed by atoms with Crippen molar-refractivity contribution in [1.82, 2.24) is 9.55 Å². The molecular weight excluding hydrogens is 432 g/mol. The van der Waals surface area contributed by atoms with Gasteiger partial charge in [-0.1, -0.05) is 30.3 Å². The SMILES string of the molecule is COC(=O)CC(c1ccc(OC)cc1)c1c(O)cc(C)n(CCc2c[nH]c3ccccc23)c1=O. The zero-order valence-electron chi connectivity index (χ0n) is 19.5. The van der Waals surface area contributed by atoms with Crippen LogP contribution >= 0.6 is 0 Å². The van der Waals surface area contributed by atoms with Gasteiger partial charge in [0.2, 0.25) is 0 Å². The number of methoxy groups -OCH3 is 2. The second-order valence-corrected chi connectivity index (χ2v) is 8.26. The Bertz CT molecular complexity index is 1370. The first-order valence-corrected chi connectivity index (χ1v) is 11.1. The van der Waals surface area contributed by atoms with Crippen molar-refractivity contribution in [3.63, 3.8) is 0 Å². The Morgan fingerprint density at radius 1 is 1.12 bits per heavy atom. The number of ether oxygens (including phenoxy) is 2. The number of fused-ring (bicyclic) bond motifs is 1. The maximum absolute atomic E-state index is 13.7. The Morgan fingerprint density at radius 2 is 1.85 bits per heavy atom. The van der Waals surface area contributed by atoms with Gasteiger partial charge in [-0.15, -0.1) is 0 Å². The summed E-state index contributed by atoms with van der Waals surface area (Å²) in [5, 5.41) is 11.9. The molecule has 0 amide bonds. The molecule has 4 aromatic rings. The van der Waals surface area contributed by atoms with E-state index in [1.54, 1.807) is 48.9 Å². The van der Waals surface area contributed by atoms with Crippen LogP contribution in [0.25, 0.3) is 10.9 Å². The minimum absolute atomic E-state index is 0.0723. The largest absolute Gasteiger partial charge is 0.507 e. The lowest BCUT2D eigenvalue weighted by Crippen LogP contribution is -2.29. The third kappa shape index (κ3) is 4.55. The molecule has 7 nitrogen and oxygen atoms in total. The molecule has 0 aliphatic carbocycles. The van der Waals surface area contributed by atoms with Gasteiger partial charge in [-0.25, -0.2) is 0 Å². The molecule has 1 unspecified atom stereocenters. The maximum Gasteiger partial charge on any atom is 0.306 e. The van der Waals surface area contributed by atoms with Crippen molar-refractivity contribution in [1.29, 1.82) is 0 Å². The van der Waals surface area contributed by atoms with Gasteiger partial charge in [-0.05, 0) is 48.7 Å². The molecule has 0 saturated heterocycles. The standard InChI is InChI=1S/C27H28N2O5/c1-17-14-24(30)26(22(15-25(31)34-3)18-8-10-20(33-2)11-9-18)27(32)29(17)13-12-19-16-28-23-7-5-4-6-21(19)23/h4-11,14,16,22,28,30H,12-13,15H2,1-3H3. The van der Waals surface area contributed by atoms with Crippen LogP contribution < -0.4 is 10.3 Å². The summed E-state index contributed by atoms with van der Waals surface area (Å²) >= 11 is 0. The molecule has 1 atom stereocenters. The molecule has 2 aromatic carbocycles. The van der Waals surface area contributed by atoms with E-state index in [1.807, 2.05) is 24.4 Å². The van der Waals surface area contributed by atoms with Gasteiger partial charge < -0.3 is 24.1 Å². The van der Waals surface area contributed by atoms with Crippen LogP contribution in [0.1, 0.15) is 34.7 Å². The van der Waals surface area contributed by atoms with E-state index in [9.17, 15) is 14.7 Å². The van der Waals surface area contributed by atoms with Crippen molar-refractivity contribution < 1.29 is 19.4 Å². The molecule has 2 aromatic heterocycles. The number of pyridine rings is 1. The molecule has 0 saturated carbocycles. The number of hydrogen-bond donors (Lipinski definition) is 2. The van der Waals surface area contributed by atoms with Crippen LogP contribution in [-0.4, -0.2) is 34.8 Å². The van der Waals surface area contributed by atoms with Crippen LogP contribution in [0.5, 0.6) is 11.5 Å². The highest BCUT2D eigenvalue weighted by molar-refractivity contribution is 5.83. The van der Waals surface area contributed by atoms with Gasteiger partial charge in [0.05, 0.1) is 26.2 Å². The molecule has 34 heavy (non-hydrogen) atoms. The predicted molar refractivity (Wildman–Crippen MR) is 131 cm³/mol. The zero-order valence-corrected chi connectivity index (χ0v) is 19.5. The van der Waals surface area contributed by atoms with Crippen molar-refractivity contribution >= 4 is 16.9 Å². The third-order valence-electron chi connectivity index (χ3n) is 6.27. The summed E-state index contributed by atoms with van der Waals surface area (Å²) in [4.78, 5) is 29.2. The van der Waals surface area contributed by atoms with Crippen molar-refractivity contribution in [3.05, 3.63) is 93.5 Å². The molecule has 4 rings (SSSR count). The second kappa shape index (κ2) is 9.87. The number of carbonyl (C=O) groups excluding carboxylic acids is 1. The zero-order chi connectivity index (χ0) is 24.2. The fraction of sp³-hybridized carbons (Fsp3) is 0.259. The quantitative estimate of drug-likeness (QED) is 0.383. The summed E-state index contributed by atoms with van der Waals surface area (Å²) in [6.45, 7) is 2.23. The number of carbonyl (C=O) groups is 1. The lowest BCUT2D eigenvalue weighted by Gasteiger charge is -2.20. The summed E-state index contributed by atoms with van der Waals surface area (Å²) < 4.78 is 11.8. The lowest BCUT2D eigenvalue weighted by atomic mass is 9.88. The van der Waals surface area contributed by atoms with Gasteiger partial charge in [0, 0.05) is 35.3 Å². The molecule has 0 aliphatic heterocycles. The molecule has 0 bridgehead atoms. The van der Waals surface area contributed by atoms with Gasteiger partial charge in [-0.3, -0.25) is 9.59 Å². The number of para-hydroxylation sites is 1. The Labute approximate surface area is 197 Å². The summed E-state index contributed by atoms with van der Waals surface area (Å²) in [5.74, 6) is -0.600. The normalized spacial score (nSPS) is 12.0. The van der Waals surface area contributed by atoms with Crippen LogP contribution in [0.2, 0.25) is 0 Å². The van der Waals surface area contributed by atoms with E-state index in [4.69, 9.17) is 9.47 Å². The summed E-state index contributed by atoms with van der Waals surface area (Å²) in [7, 11) is 2.88. The Kier molecular flexibility index (Phi) is 6.72. The van der Waals surface area contributed by atoms with E-state index in [0.29, 0.717) is 30.0 Å². The topological polar surface area (TPSA) is 93.6 Å². The van der Waals surface area contributed by atoms with E-state index in [0.717, 1.165) is 16.5 Å². The molecular formula is C27H28N2O5. The van der Waals surface area contributed by atoms with Gasteiger partial charge in [0.15, 0.2) is 0 Å². The van der Waals surface area contributed by atoms with Gasteiger partial charge >= 0.3 is 5.97 Å². The first-order valence-electron chi connectivity index (χ1n) is 11.1. The number of hydrogen-bond acceptors (Lipinski definition) is 5. The van der Waals surface area contributed by atoms with E-state index in [1.165, 1.54) is 7.11 Å². The number of aromatic hydroxyl groups is 1. The first-order chi connectivity index (χ1) is 16.4. The lowest BCUT2D eigenvalue weighted by molar-refractivity contribution is -0.140. The maximum atomic E-state index is 13.7. The molecule has 176 valence electrons. The number of nitrogens with one attached hydrogen (secondary N) is 1. The highest BCUT2D eigenvalue weighted by atomic mass is 16.5. The Balaban J connectivity index is 1.73. The first kappa shape index (κ1) is 23.2. The number of benzene rings is 2. The number of aromatic nitrogens is 2. The molecule has 2 N–H and O–H groups in total. The van der Waals surface area contributed by atoms with E-state index >= 15 is 0 Å². The molecule has 0 spiro atoms. The monoisotopic (exact) mass is 460 g/mol. The average molecular weight is 461 g/mol. The van der Waals surface area contributed by atoms with Crippen molar-refractivity contribution in [3.8, 4) is 11.5 Å². The number of nitrogens with zero attached hydrogens (tertiary/aromatic N) is 1. The number of esters is 1. The van der Waals surface area contributed by atoms with Crippen LogP contribution in [0, 0.1) is 6.92 Å².